The second-order valence-electron chi connectivity index (χ2n) is 8.50. The summed E-state index contributed by atoms with van der Waals surface area (Å²) in [5.74, 6) is -3.10. The number of aromatic hydroxyl groups is 2. The van der Waals surface area contributed by atoms with Gasteiger partial charge in [-0.15, -0.1) is 0 Å². The molecule has 0 amide bonds. The Kier molecular flexibility index (Phi) is 5.55. The molecule has 10 heteroatoms. The Morgan fingerprint density at radius 3 is 2.46 bits per heavy atom. The van der Waals surface area contributed by atoms with E-state index in [1.807, 2.05) is 0 Å². The topological polar surface area (TPSA) is 152 Å². The first-order valence-corrected chi connectivity index (χ1v) is 10.6. The first-order valence-electron chi connectivity index (χ1n) is 10.6. The van der Waals surface area contributed by atoms with E-state index in [9.17, 15) is 29.4 Å². The number of Topliss-reactive ketones (excluding diaryl/α,β-unsaturated/α-hetero) is 2. The van der Waals surface area contributed by atoms with Crippen LogP contribution in [0.5, 0.6) is 17.2 Å². The van der Waals surface area contributed by atoms with Crippen LogP contribution >= 0.6 is 0 Å². The number of hydrogen-bond acceptors (Lipinski definition) is 10. The van der Waals surface area contributed by atoms with Crippen molar-refractivity contribution >= 4 is 23.3 Å². The molecule has 182 valence electrons. The van der Waals surface area contributed by atoms with Gasteiger partial charge in [0.1, 0.15) is 39.7 Å². The highest BCUT2D eigenvalue weighted by Crippen LogP contribution is 2.57. The van der Waals surface area contributed by atoms with Gasteiger partial charge >= 0.3 is 5.97 Å². The van der Waals surface area contributed by atoms with E-state index >= 15 is 0 Å². The molecule has 1 aromatic carbocycles. The third-order valence-corrected chi connectivity index (χ3v) is 6.34. The van der Waals surface area contributed by atoms with Crippen LogP contribution < -0.4 is 10.1 Å². The van der Waals surface area contributed by atoms with Gasteiger partial charge in [0.25, 0.3) is 0 Å². The number of methoxy groups -OCH3 is 1. The van der Waals surface area contributed by atoms with Crippen LogP contribution in [-0.4, -0.2) is 40.6 Å². The Hall–Kier alpha value is -4.34. The molecule has 1 aliphatic heterocycles. The molecule has 0 saturated heterocycles. The van der Waals surface area contributed by atoms with Gasteiger partial charge < -0.3 is 29.4 Å². The average Bonchev–Trinajstić information content (AvgIpc) is 3.39. The summed E-state index contributed by atoms with van der Waals surface area (Å²) < 4.78 is 15.7. The molecule has 1 unspecified atom stereocenters. The Bertz CT molecular complexity index is 1390. The van der Waals surface area contributed by atoms with Gasteiger partial charge in [0.2, 0.25) is 5.76 Å². The van der Waals surface area contributed by atoms with Crippen LogP contribution in [0, 0.1) is 6.92 Å². The van der Waals surface area contributed by atoms with Gasteiger partial charge in [0.05, 0.1) is 24.8 Å². The number of ether oxygens (including phenoxy) is 2. The summed E-state index contributed by atoms with van der Waals surface area (Å²) in [7, 11) is 1.23. The van der Waals surface area contributed by atoms with E-state index in [0.29, 0.717) is 5.76 Å². The van der Waals surface area contributed by atoms with E-state index in [1.165, 1.54) is 40.9 Å². The highest BCUT2D eigenvalue weighted by molar-refractivity contribution is 6.31. The molecule has 4 rings (SSSR count). The van der Waals surface area contributed by atoms with E-state index in [1.54, 1.807) is 6.07 Å². The molecule has 0 spiro atoms. The van der Waals surface area contributed by atoms with Crippen molar-refractivity contribution in [3.63, 3.8) is 0 Å². The lowest BCUT2D eigenvalue weighted by atomic mass is 9.70. The SMILES string of the molecule is COC(=O)c1ccc(CNC(C)=C2C(=O)C=C3Oc4c(C(C)=O)c(O)c(C)c(O)c4C3(C)C2=O)o1. The maximum absolute atomic E-state index is 13.7. The molecule has 1 aliphatic carbocycles. The van der Waals surface area contributed by atoms with Crippen molar-refractivity contribution in [3.05, 3.63) is 63.4 Å². The molecular weight excluding hydrogens is 458 g/mol. The number of hydrogen-bond donors (Lipinski definition) is 3. The van der Waals surface area contributed by atoms with Crippen molar-refractivity contribution in [3.8, 4) is 17.2 Å². The van der Waals surface area contributed by atoms with E-state index in [0.717, 1.165) is 6.08 Å². The van der Waals surface area contributed by atoms with Crippen LogP contribution in [0.3, 0.4) is 0 Å². The van der Waals surface area contributed by atoms with Gasteiger partial charge in [0.15, 0.2) is 17.3 Å². The number of phenols is 2. The summed E-state index contributed by atoms with van der Waals surface area (Å²) in [6.07, 6.45) is 1.14. The maximum Gasteiger partial charge on any atom is 0.373 e. The van der Waals surface area contributed by atoms with Gasteiger partial charge in [-0.25, -0.2) is 4.79 Å². The molecule has 0 saturated carbocycles. The predicted molar refractivity (Wildman–Crippen MR) is 120 cm³/mol. The molecule has 0 radical (unpaired) electrons. The van der Waals surface area contributed by atoms with Gasteiger partial charge in [0, 0.05) is 17.3 Å². The number of esters is 1. The number of fused-ring (bicyclic) bond motifs is 3. The number of carbonyl (C=O) groups excluding carboxylic acids is 4. The number of phenolic OH excluding ortho intramolecular Hbond substituents is 2. The molecule has 3 N–H and O–H groups in total. The number of ketones is 3. The van der Waals surface area contributed by atoms with Crippen LogP contribution in [0.15, 0.2) is 39.7 Å². The maximum atomic E-state index is 13.7. The Balaban J connectivity index is 1.76. The van der Waals surface area contributed by atoms with Crippen LogP contribution in [0.1, 0.15) is 58.6 Å². The first-order chi connectivity index (χ1) is 16.4. The minimum atomic E-state index is -1.60. The quantitative estimate of drug-likeness (QED) is 0.251. The number of benzene rings is 1. The molecule has 10 nitrogen and oxygen atoms in total. The molecule has 35 heavy (non-hydrogen) atoms. The summed E-state index contributed by atoms with van der Waals surface area (Å²) in [5.41, 5.74) is -1.67. The molecule has 0 bridgehead atoms. The number of furan rings is 1. The summed E-state index contributed by atoms with van der Waals surface area (Å²) in [6.45, 7) is 5.73. The lowest BCUT2D eigenvalue weighted by molar-refractivity contribution is -0.123. The summed E-state index contributed by atoms with van der Waals surface area (Å²) in [5, 5.41) is 24.2. The van der Waals surface area contributed by atoms with Crippen molar-refractivity contribution in [1.29, 1.82) is 0 Å². The minimum Gasteiger partial charge on any atom is -0.507 e. The zero-order valence-corrected chi connectivity index (χ0v) is 19.7. The molecule has 2 aromatic rings. The van der Waals surface area contributed by atoms with E-state index in [-0.39, 0.29) is 51.8 Å². The predicted octanol–water partition coefficient (Wildman–Crippen LogP) is 2.74. The molecule has 2 heterocycles. The van der Waals surface area contributed by atoms with Gasteiger partial charge in [-0.1, -0.05) is 0 Å². The van der Waals surface area contributed by atoms with Gasteiger partial charge in [-0.2, -0.15) is 0 Å². The van der Waals surface area contributed by atoms with Crippen molar-refractivity contribution in [2.75, 3.05) is 7.11 Å². The molecule has 0 fully saturated rings. The third kappa shape index (κ3) is 3.40. The molecule has 1 atom stereocenters. The fourth-order valence-electron chi connectivity index (χ4n) is 4.35. The summed E-state index contributed by atoms with van der Waals surface area (Å²) in [4.78, 5) is 50.5. The number of nitrogens with one attached hydrogen (secondary N) is 1. The Morgan fingerprint density at radius 1 is 1.14 bits per heavy atom. The second-order valence-corrected chi connectivity index (χ2v) is 8.50. The fraction of sp³-hybridized carbons (Fsp3) is 0.280. The Labute approximate surface area is 199 Å². The first kappa shape index (κ1) is 23.8. The number of rotatable bonds is 5. The van der Waals surface area contributed by atoms with E-state index in [2.05, 4.69) is 10.1 Å². The average molecular weight is 481 g/mol. The zero-order chi connectivity index (χ0) is 25.8. The molecular formula is C25H23NO9. The standard InChI is InChI=1S/C25H23NO9/c1-10-20(29)18(12(3)27)22-19(21(10)30)25(4)16(35-22)8-14(28)17(23(25)31)11(2)26-9-13-6-7-15(34-13)24(32)33-5/h6-8,26,29-30H,9H2,1-5H3. The van der Waals surface area contributed by atoms with Crippen molar-refractivity contribution in [2.45, 2.75) is 39.7 Å². The Morgan fingerprint density at radius 2 is 1.83 bits per heavy atom. The highest BCUT2D eigenvalue weighted by atomic mass is 16.5. The van der Waals surface area contributed by atoms with Crippen molar-refractivity contribution < 1.29 is 43.3 Å². The molecule has 1 aromatic heterocycles. The van der Waals surface area contributed by atoms with Crippen LogP contribution in [0.4, 0.5) is 0 Å². The van der Waals surface area contributed by atoms with Gasteiger partial charge in [-0.3, -0.25) is 14.4 Å². The zero-order valence-electron chi connectivity index (χ0n) is 19.7. The van der Waals surface area contributed by atoms with Crippen LogP contribution in [0.2, 0.25) is 0 Å². The van der Waals surface area contributed by atoms with Crippen molar-refractivity contribution in [1.82, 2.24) is 5.32 Å². The summed E-state index contributed by atoms with van der Waals surface area (Å²) in [6, 6.07) is 3.00. The van der Waals surface area contributed by atoms with E-state index in [4.69, 9.17) is 9.15 Å². The minimum absolute atomic E-state index is 0.00889. The molecule has 2 aliphatic rings. The number of allylic oxidation sites excluding steroid dienone is 4. The van der Waals surface area contributed by atoms with Gasteiger partial charge in [-0.05, 0) is 39.8 Å². The number of carbonyl (C=O) groups is 4. The lowest BCUT2D eigenvalue weighted by Crippen LogP contribution is -2.41. The van der Waals surface area contributed by atoms with Crippen LogP contribution in [0.25, 0.3) is 0 Å². The second kappa shape index (κ2) is 8.15. The van der Waals surface area contributed by atoms with Crippen LogP contribution in [-0.2, 0) is 26.3 Å². The lowest BCUT2D eigenvalue weighted by Gasteiger charge is -2.29. The normalized spacial score (nSPS) is 20.0. The monoisotopic (exact) mass is 481 g/mol. The smallest absolute Gasteiger partial charge is 0.373 e. The van der Waals surface area contributed by atoms with E-state index < -0.39 is 40.2 Å². The van der Waals surface area contributed by atoms with Crippen molar-refractivity contribution in [2.24, 2.45) is 0 Å². The highest BCUT2D eigenvalue weighted by Gasteiger charge is 2.56. The summed E-state index contributed by atoms with van der Waals surface area (Å²) >= 11 is 0. The fourth-order valence-corrected chi connectivity index (χ4v) is 4.35. The largest absolute Gasteiger partial charge is 0.507 e. The third-order valence-electron chi connectivity index (χ3n) is 6.34.